The summed E-state index contributed by atoms with van der Waals surface area (Å²) in [5.74, 6) is 0. The molecule has 1 heterocycles. The van der Waals surface area contributed by atoms with Gasteiger partial charge in [0.15, 0.2) is 0 Å². The summed E-state index contributed by atoms with van der Waals surface area (Å²) in [4.78, 5) is 5.14. The smallest absolute Gasteiger partial charge is 0.0195 e. The highest BCUT2D eigenvalue weighted by Gasteiger charge is 2.28. The van der Waals surface area contributed by atoms with E-state index in [9.17, 15) is 0 Å². The molecule has 1 aliphatic heterocycles. The maximum absolute atomic E-state index is 2.59. The molecule has 0 aromatic carbocycles. The topological polar surface area (TPSA) is 6.48 Å². The van der Waals surface area contributed by atoms with Crippen molar-refractivity contribution in [3.8, 4) is 0 Å². The van der Waals surface area contributed by atoms with Gasteiger partial charge in [0, 0.05) is 31.2 Å². The molecule has 0 aromatic rings. The molecule has 0 aromatic heterocycles. The van der Waals surface area contributed by atoms with Gasteiger partial charge < -0.3 is 0 Å². The van der Waals surface area contributed by atoms with Crippen molar-refractivity contribution >= 4 is 0 Å². The molecule has 1 saturated heterocycles. The molecule has 1 aliphatic rings. The van der Waals surface area contributed by atoms with E-state index in [1.165, 1.54) is 26.2 Å². The average molecular weight is 184 g/mol. The fraction of sp³-hybridized carbons (Fsp3) is 1.00. The van der Waals surface area contributed by atoms with E-state index in [1.807, 2.05) is 0 Å². The Hall–Kier alpha value is -0.0800. The van der Waals surface area contributed by atoms with Gasteiger partial charge in [-0.15, -0.1) is 0 Å². The quantitative estimate of drug-likeness (QED) is 0.613. The van der Waals surface area contributed by atoms with Gasteiger partial charge in [-0.05, 0) is 34.2 Å². The molecule has 1 atom stereocenters. The van der Waals surface area contributed by atoms with Crippen LogP contribution in [0.25, 0.3) is 0 Å². The molecule has 0 saturated carbocycles. The Kier molecular flexibility index (Phi) is 3.36. The fourth-order valence-corrected chi connectivity index (χ4v) is 2.07. The molecule has 78 valence electrons. The van der Waals surface area contributed by atoms with Crippen LogP contribution in [0.2, 0.25) is 0 Å². The van der Waals surface area contributed by atoms with Crippen LogP contribution in [0.4, 0.5) is 0 Å². The first-order valence-electron chi connectivity index (χ1n) is 5.44. The summed E-state index contributed by atoms with van der Waals surface area (Å²) in [7, 11) is 0. The van der Waals surface area contributed by atoms with E-state index >= 15 is 0 Å². The van der Waals surface area contributed by atoms with Crippen molar-refractivity contribution in [2.45, 2.75) is 46.2 Å². The summed E-state index contributed by atoms with van der Waals surface area (Å²) in [5.41, 5.74) is 0.341. The van der Waals surface area contributed by atoms with Gasteiger partial charge in [-0.3, -0.25) is 9.80 Å². The average Bonchev–Trinajstić information content (AvgIpc) is 2.02. The highest BCUT2D eigenvalue weighted by Crippen LogP contribution is 2.18. The van der Waals surface area contributed by atoms with E-state index < -0.39 is 0 Å². The van der Waals surface area contributed by atoms with Crippen molar-refractivity contribution in [2.75, 3.05) is 26.2 Å². The molecule has 0 spiro atoms. The summed E-state index contributed by atoms with van der Waals surface area (Å²) >= 11 is 0. The molecular formula is C11H24N2. The van der Waals surface area contributed by atoms with E-state index in [0.717, 1.165) is 6.04 Å². The third-order valence-electron chi connectivity index (χ3n) is 3.12. The first-order valence-corrected chi connectivity index (χ1v) is 5.44. The normalized spacial score (nSPS) is 27.9. The first-order chi connectivity index (χ1) is 5.95. The Labute approximate surface area is 82.9 Å². The molecule has 2 heteroatoms. The van der Waals surface area contributed by atoms with Crippen molar-refractivity contribution in [3.63, 3.8) is 0 Å². The lowest BCUT2D eigenvalue weighted by atomic mass is 10.0. The molecule has 2 nitrogen and oxygen atoms in total. The lowest BCUT2D eigenvalue weighted by molar-refractivity contribution is 0.0312. The van der Waals surface area contributed by atoms with Crippen LogP contribution in [0.3, 0.4) is 0 Å². The van der Waals surface area contributed by atoms with Crippen LogP contribution in [0.5, 0.6) is 0 Å². The van der Waals surface area contributed by atoms with Crippen molar-refractivity contribution < 1.29 is 0 Å². The van der Waals surface area contributed by atoms with Gasteiger partial charge >= 0.3 is 0 Å². The van der Waals surface area contributed by atoms with E-state index in [2.05, 4.69) is 44.4 Å². The van der Waals surface area contributed by atoms with Gasteiger partial charge in [0.05, 0.1) is 0 Å². The number of piperazine rings is 1. The lowest BCUT2D eigenvalue weighted by Gasteiger charge is -2.45. The van der Waals surface area contributed by atoms with Crippen molar-refractivity contribution in [1.82, 2.24) is 9.80 Å². The standard InChI is InChI=1S/C11H24N2/c1-6-12-7-8-13(9-10(12)2)11(3,4)5/h10H,6-9H2,1-5H3/t10-/m1/s1. The predicted molar refractivity (Wildman–Crippen MR) is 58.0 cm³/mol. The summed E-state index contributed by atoms with van der Waals surface area (Å²) < 4.78 is 0. The Bertz CT molecular complexity index is 160. The fourth-order valence-electron chi connectivity index (χ4n) is 2.07. The van der Waals surface area contributed by atoms with Gasteiger partial charge in [-0.1, -0.05) is 6.92 Å². The summed E-state index contributed by atoms with van der Waals surface area (Å²) in [6.07, 6.45) is 0. The monoisotopic (exact) mass is 184 g/mol. The van der Waals surface area contributed by atoms with Crippen LogP contribution < -0.4 is 0 Å². The molecule has 13 heavy (non-hydrogen) atoms. The van der Waals surface area contributed by atoms with E-state index in [4.69, 9.17) is 0 Å². The number of hydrogen-bond donors (Lipinski definition) is 0. The summed E-state index contributed by atoms with van der Waals surface area (Å²) in [6.45, 7) is 16.4. The Morgan fingerprint density at radius 3 is 2.23 bits per heavy atom. The van der Waals surface area contributed by atoms with Crippen molar-refractivity contribution in [2.24, 2.45) is 0 Å². The van der Waals surface area contributed by atoms with Crippen LogP contribution in [-0.4, -0.2) is 47.6 Å². The number of rotatable bonds is 1. The zero-order valence-corrected chi connectivity index (χ0v) is 9.80. The third kappa shape index (κ3) is 2.68. The maximum Gasteiger partial charge on any atom is 0.0195 e. The number of hydrogen-bond acceptors (Lipinski definition) is 2. The SMILES string of the molecule is CCN1CCN(C(C)(C)C)C[C@H]1C. The van der Waals surface area contributed by atoms with Gasteiger partial charge in [-0.2, -0.15) is 0 Å². The van der Waals surface area contributed by atoms with Crippen LogP contribution in [0, 0.1) is 0 Å². The summed E-state index contributed by atoms with van der Waals surface area (Å²) in [6, 6.07) is 0.720. The molecule has 0 radical (unpaired) electrons. The van der Waals surface area contributed by atoms with Gasteiger partial charge in [-0.25, -0.2) is 0 Å². The maximum atomic E-state index is 2.59. The summed E-state index contributed by atoms with van der Waals surface area (Å²) in [5, 5.41) is 0. The minimum absolute atomic E-state index is 0.341. The second-order valence-electron chi connectivity index (χ2n) is 5.09. The molecule has 0 amide bonds. The molecule has 1 rings (SSSR count). The molecule has 0 bridgehead atoms. The van der Waals surface area contributed by atoms with Crippen LogP contribution in [0.15, 0.2) is 0 Å². The van der Waals surface area contributed by atoms with Crippen LogP contribution in [0.1, 0.15) is 34.6 Å². The zero-order valence-electron chi connectivity index (χ0n) is 9.80. The third-order valence-corrected chi connectivity index (χ3v) is 3.12. The van der Waals surface area contributed by atoms with Crippen LogP contribution in [-0.2, 0) is 0 Å². The van der Waals surface area contributed by atoms with Crippen molar-refractivity contribution in [1.29, 1.82) is 0 Å². The van der Waals surface area contributed by atoms with Crippen molar-refractivity contribution in [3.05, 3.63) is 0 Å². The Balaban J connectivity index is 2.51. The van der Waals surface area contributed by atoms with Gasteiger partial charge in [0.25, 0.3) is 0 Å². The minimum Gasteiger partial charge on any atom is -0.298 e. The molecule has 0 unspecified atom stereocenters. The molecular weight excluding hydrogens is 160 g/mol. The highest BCUT2D eigenvalue weighted by molar-refractivity contribution is 4.85. The number of nitrogens with zero attached hydrogens (tertiary/aromatic N) is 2. The van der Waals surface area contributed by atoms with E-state index in [-0.39, 0.29) is 0 Å². The lowest BCUT2D eigenvalue weighted by Crippen LogP contribution is -2.57. The molecule has 0 N–H and O–H groups in total. The number of likely N-dealkylation sites (N-methyl/N-ethyl adjacent to an activating group) is 1. The van der Waals surface area contributed by atoms with E-state index in [0.29, 0.717) is 5.54 Å². The minimum atomic E-state index is 0.341. The largest absolute Gasteiger partial charge is 0.298 e. The zero-order chi connectivity index (χ0) is 10.1. The highest BCUT2D eigenvalue weighted by atomic mass is 15.3. The van der Waals surface area contributed by atoms with E-state index in [1.54, 1.807) is 0 Å². The molecule has 0 aliphatic carbocycles. The molecule has 1 fully saturated rings. The van der Waals surface area contributed by atoms with Gasteiger partial charge in [0.2, 0.25) is 0 Å². The second kappa shape index (κ2) is 3.97. The predicted octanol–water partition coefficient (Wildman–Crippen LogP) is 1.81. The second-order valence-corrected chi connectivity index (χ2v) is 5.09. The Morgan fingerprint density at radius 2 is 1.85 bits per heavy atom. The Morgan fingerprint density at radius 1 is 1.23 bits per heavy atom. The van der Waals surface area contributed by atoms with Gasteiger partial charge in [0.1, 0.15) is 0 Å². The first kappa shape index (κ1) is 11.0. The van der Waals surface area contributed by atoms with Crippen LogP contribution >= 0.6 is 0 Å².